The molecular formula is C30H28N2O2. The highest BCUT2D eigenvalue weighted by molar-refractivity contribution is 6.07. The second-order valence-corrected chi connectivity index (χ2v) is 8.19. The molecule has 0 aliphatic rings. The predicted molar refractivity (Wildman–Crippen MR) is 141 cm³/mol. The molecule has 0 heterocycles. The molecule has 0 aromatic heterocycles. The quantitative estimate of drug-likeness (QED) is 0.182. The van der Waals surface area contributed by atoms with Crippen LogP contribution in [0, 0.1) is 0 Å². The minimum Gasteiger partial charge on any atom is -0.489 e. The number of benzene rings is 4. The predicted octanol–water partition coefficient (Wildman–Crippen LogP) is 6.56. The van der Waals surface area contributed by atoms with Crippen LogP contribution in [0.5, 0.6) is 5.75 Å². The van der Waals surface area contributed by atoms with Gasteiger partial charge < -0.3 is 16.2 Å². The van der Waals surface area contributed by atoms with Gasteiger partial charge in [-0.3, -0.25) is 4.79 Å². The van der Waals surface area contributed by atoms with Crippen LogP contribution in [-0.2, 0) is 13.0 Å². The second-order valence-electron chi connectivity index (χ2n) is 8.19. The fourth-order valence-electron chi connectivity index (χ4n) is 3.70. The van der Waals surface area contributed by atoms with Crippen molar-refractivity contribution in [3.05, 3.63) is 119 Å². The van der Waals surface area contributed by atoms with E-state index in [0.29, 0.717) is 23.5 Å². The van der Waals surface area contributed by atoms with Crippen LogP contribution in [0.2, 0.25) is 0 Å². The van der Waals surface area contributed by atoms with Gasteiger partial charge in [-0.15, -0.1) is 0 Å². The molecule has 170 valence electrons. The van der Waals surface area contributed by atoms with E-state index < -0.39 is 0 Å². The van der Waals surface area contributed by atoms with Gasteiger partial charge in [-0.2, -0.15) is 0 Å². The number of nitrogens with two attached hydrogens (primary N) is 2. The first-order chi connectivity index (χ1) is 16.5. The third kappa shape index (κ3) is 5.93. The lowest BCUT2D eigenvalue weighted by atomic mass is 10.0. The maximum atomic E-state index is 12.6. The van der Waals surface area contributed by atoms with Gasteiger partial charge in [0.25, 0.3) is 0 Å². The Morgan fingerprint density at radius 2 is 1.35 bits per heavy atom. The molecule has 0 spiro atoms. The first kappa shape index (κ1) is 22.9. The molecule has 0 atom stereocenters. The Balaban J connectivity index is 1.34. The monoisotopic (exact) mass is 448 g/mol. The number of carbonyl (C=O) groups is 1. The topological polar surface area (TPSA) is 78.3 Å². The maximum absolute atomic E-state index is 12.6. The lowest BCUT2D eigenvalue weighted by Gasteiger charge is -2.08. The lowest BCUT2D eigenvalue weighted by molar-refractivity contribution is 0.104. The fraction of sp³-hybridized carbons (Fsp3) is 0.100. The van der Waals surface area contributed by atoms with Gasteiger partial charge in [0.05, 0.1) is 0 Å². The average Bonchev–Trinajstić information content (AvgIpc) is 2.86. The van der Waals surface area contributed by atoms with E-state index in [1.54, 1.807) is 12.1 Å². The summed E-state index contributed by atoms with van der Waals surface area (Å²) in [4.78, 5) is 12.6. The van der Waals surface area contributed by atoms with Gasteiger partial charge in [0.15, 0.2) is 5.78 Å². The van der Waals surface area contributed by atoms with Crippen LogP contribution in [0.4, 0.5) is 11.4 Å². The molecule has 0 aliphatic carbocycles. The SMILES string of the molecule is CCc1ccc(-c2ccc(C(=O)/C=C/c3ccc(OCc4cc(N)cc(N)c4)cc3)cc2)cc1. The minimum atomic E-state index is -0.0348. The second kappa shape index (κ2) is 10.5. The summed E-state index contributed by atoms with van der Waals surface area (Å²) in [5.74, 6) is 0.694. The summed E-state index contributed by atoms with van der Waals surface area (Å²) in [5.41, 5.74) is 18.9. The van der Waals surface area contributed by atoms with Gasteiger partial charge in [0, 0.05) is 16.9 Å². The van der Waals surface area contributed by atoms with Crippen molar-refractivity contribution in [3.8, 4) is 16.9 Å². The molecule has 0 bridgehead atoms. The Labute approximate surface area is 200 Å². The van der Waals surface area contributed by atoms with Crippen molar-refractivity contribution in [2.24, 2.45) is 0 Å². The zero-order valence-corrected chi connectivity index (χ0v) is 19.2. The molecule has 0 aliphatic heterocycles. The van der Waals surface area contributed by atoms with Crippen molar-refractivity contribution < 1.29 is 9.53 Å². The molecular weight excluding hydrogens is 420 g/mol. The third-order valence-electron chi connectivity index (χ3n) is 5.62. The van der Waals surface area contributed by atoms with E-state index in [4.69, 9.17) is 16.2 Å². The highest BCUT2D eigenvalue weighted by atomic mass is 16.5. The number of nitrogen functional groups attached to an aromatic ring is 2. The summed E-state index contributed by atoms with van der Waals surface area (Å²) in [6.45, 7) is 2.52. The van der Waals surface area contributed by atoms with Crippen LogP contribution in [0.15, 0.2) is 97.1 Å². The van der Waals surface area contributed by atoms with Crippen molar-refractivity contribution in [2.75, 3.05) is 11.5 Å². The summed E-state index contributed by atoms with van der Waals surface area (Å²) in [7, 11) is 0. The summed E-state index contributed by atoms with van der Waals surface area (Å²) in [6, 6.07) is 29.2. The molecule has 4 aromatic carbocycles. The van der Waals surface area contributed by atoms with Crippen molar-refractivity contribution in [1.29, 1.82) is 0 Å². The van der Waals surface area contributed by atoms with E-state index in [1.165, 1.54) is 5.56 Å². The zero-order valence-electron chi connectivity index (χ0n) is 19.2. The molecule has 4 N–H and O–H groups in total. The van der Waals surface area contributed by atoms with E-state index in [1.807, 2.05) is 66.7 Å². The van der Waals surface area contributed by atoms with Crippen molar-refractivity contribution in [3.63, 3.8) is 0 Å². The standard InChI is InChI=1S/C30H28N2O2/c1-2-21-3-8-24(9-4-21)25-10-12-26(13-11-25)30(33)16-7-22-5-14-29(15-6-22)34-20-23-17-27(31)19-28(32)18-23/h3-19H,2,20,31-32H2,1H3/b16-7+. The maximum Gasteiger partial charge on any atom is 0.185 e. The van der Waals surface area contributed by atoms with E-state index in [0.717, 1.165) is 34.4 Å². The molecule has 0 fully saturated rings. The minimum absolute atomic E-state index is 0.0348. The van der Waals surface area contributed by atoms with E-state index >= 15 is 0 Å². The van der Waals surface area contributed by atoms with E-state index in [9.17, 15) is 4.79 Å². The van der Waals surface area contributed by atoms with Crippen molar-refractivity contribution in [1.82, 2.24) is 0 Å². The number of ether oxygens (including phenoxy) is 1. The van der Waals surface area contributed by atoms with E-state index in [-0.39, 0.29) is 5.78 Å². The Kier molecular flexibility index (Phi) is 7.09. The number of carbonyl (C=O) groups excluding carboxylic acids is 1. The molecule has 4 nitrogen and oxygen atoms in total. The number of allylic oxidation sites excluding steroid dienone is 1. The van der Waals surface area contributed by atoms with Crippen LogP contribution < -0.4 is 16.2 Å². The molecule has 0 radical (unpaired) electrons. The average molecular weight is 449 g/mol. The zero-order chi connectivity index (χ0) is 23.9. The normalized spacial score (nSPS) is 11.0. The van der Waals surface area contributed by atoms with Crippen LogP contribution in [-0.4, -0.2) is 5.78 Å². The number of aryl methyl sites for hydroxylation is 1. The molecule has 0 unspecified atom stereocenters. The Morgan fingerprint density at radius 3 is 1.94 bits per heavy atom. The van der Waals surface area contributed by atoms with Crippen molar-refractivity contribution in [2.45, 2.75) is 20.0 Å². The lowest BCUT2D eigenvalue weighted by Crippen LogP contribution is -1.99. The molecule has 0 saturated carbocycles. The van der Waals surface area contributed by atoms with Crippen LogP contribution in [0.1, 0.15) is 34.0 Å². The molecule has 4 aromatic rings. The first-order valence-corrected chi connectivity index (χ1v) is 11.3. The number of rotatable bonds is 8. The number of hydrogen-bond donors (Lipinski definition) is 2. The third-order valence-corrected chi connectivity index (χ3v) is 5.62. The largest absolute Gasteiger partial charge is 0.489 e. The Morgan fingerprint density at radius 1 is 0.765 bits per heavy atom. The van der Waals surface area contributed by atoms with Gasteiger partial charge in [-0.25, -0.2) is 0 Å². The first-order valence-electron chi connectivity index (χ1n) is 11.3. The molecule has 4 heteroatoms. The number of anilines is 2. The number of ketones is 1. The highest BCUT2D eigenvalue weighted by Gasteiger charge is 2.04. The van der Waals surface area contributed by atoms with Crippen molar-refractivity contribution >= 4 is 23.2 Å². The molecule has 0 amide bonds. The summed E-state index contributed by atoms with van der Waals surface area (Å²) >= 11 is 0. The van der Waals surface area contributed by atoms with Gasteiger partial charge >= 0.3 is 0 Å². The van der Waals surface area contributed by atoms with Gasteiger partial charge in [0.2, 0.25) is 0 Å². The van der Waals surface area contributed by atoms with Gasteiger partial charge in [0.1, 0.15) is 12.4 Å². The Hall–Kier alpha value is -4.31. The number of hydrogen-bond acceptors (Lipinski definition) is 4. The smallest absolute Gasteiger partial charge is 0.185 e. The summed E-state index contributed by atoms with van der Waals surface area (Å²) in [5, 5.41) is 0. The summed E-state index contributed by atoms with van der Waals surface area (Å²) < 4.78 is 5.81. The van der Waals surface area contributed by atoms with Gasteiger partial charge in [-0.05, 0) is 70.6 Å². The molecule has 0 saturated heterocycles. The van der Waals surface area contributed by atoms with Crippen LogP contribution in [0.3, 0.4) is 0 Å². The Bertz CT molecular complexity index is 1270. The molecule has 4 rings (SSSR count). The van der Waals surface area contributed by atoms with Crippen LogP contribution in [0.25, 0.3) is 17.2 Å². The van der Waals surface area contributed by atoms with Gasteiger partial charge in [-0.1, -0.05) is 73.7 Å². The molecule has 34 heavy (non-hydrogen) atoms. The van der Waals surface area contributed by atoms with E-state index in [2.05, 4.69) is 31.2 Å². The fourth-order valence-corrected chi connectivity index (χ4v) is 3.70. The summed E-state index contributed by atoms with van der Waals surface area (Å²) in [6.07, 6.45) is 4.42. The highest BCUT2D eigenvalue weighted by Crippen LogP contribution is 2.22. The van der Waals surface area contributed by atoms with Crippen LogP contribution >= 0.6 is 0 Å².